The second-order valence-electron chi connectivity index (χ2n) is 3.91. The molecule has 0 aliphatic heterocycles. The maximum Gasteiger partial charge on any atom is 0.0900 e. The number of hydrogen-bond donors (Lipinski definition) is 1. The van der Waals surface area contributed by atoms with Crippen LogP contribution in [0.5, 0.6) is 0 Å². The van der Waals surface area contributed by atoms with Crippen molar-refractivity contribution in [2.24, 2.45) is 7.05 Å². The van der Waals surface area contributed by atoms with Gasteiger partial charge in [0.05, 0.1) is 38.0 Å². The number of hydrogen-bond acceptors (Lipinski definition) is 4. The van der Waals surface area contributed by atoms with Crippen LogP contribution in [0.15, 0.2) is 10.7 Å². The lowest BCUT2D eigenvalue weighted by molar-refractivity contribution is 0.608. The predicted octanol–water partition coefficient (Wildman–Crippen LogP) is 2.56. The fraction of sp³-hybridized carbons (Fsp3) is 0.455. The predicted molar refractivity (Wildman–Crippen MR) is 73.4 cm³/mol. The SMILES string of the molecule is CNC(c1sc(C)nc1C)c1c(Br)cnn1C. The highest BCUT2D eigenvalue weighted by Crippen LogP contribution is 2.32. The fourth-order valence-corrected chi connectivity index (χ4v) is 3.57. The Morgan fingerprint density at radius 1 is 1.47 bits per heavy atom. The van der Waals surface area contributed by atoms with Crippen molar-refractivity contribution in [3.05, 3.63) is 31.9 Å². The molecule has 0 amide bonds. The van der Waals surface area contributed by atoms with E-state index in [0.717, 1.165) is 20.9 Å². The molecule has 1 N–H and O–H groups in total. The molecule has 6 heteroatoms. The lowest BCUT2D eigenvalue weighted by atomic mass is 10.1. The summed E-state index contributed by atoms with van der Waals surface area (Å²) in [4.78, 5) is 5.73. The van der Waals surface area contributed by atoms with Crippen molar-refractivity contribution < 1.29 is 0 Å². The summed E-state index contributed by atoms with van der Waals surface area (Å²) >= 11 is 5.28. The minimum atomic E-state index is 0.128. The third kappa shape index (κ3) is 2.29. The summed E-state index contributed by atoms with van der Waals surface area (Å²) < 4.78 is 2.91. The lowest BCUT2D eigenvalue weighted by Gasteiger charge is -2.16. The number of rotatable bonds is 3. The first-order valence-electron chi connectivity index (χ1n) is 5.33. The summed E-state index contributed by atoms with van der Waals surface area (Å²) in [7, 11) is 3.91. The summed E-state index contributed by atoms with van der Waals surface area (Å²) in [6.45, 7) is 4.08. The van der Waals surface area contributed by atoms with Gasteiger partial charge in [0.15, 0.2) is 0 Å². The number of nitrogens with zero attached hydrogens (tertiary/aromatic N) is 3. The van der Waals surface area contributed by atoms with Gasteiger partial charge in [0.1, 0.15) is 0 Å². The van der Waals surface area contributed by atoms with Crippen LogP contribution in [0.25, 0.3) is 0 Å². The van der Waals surface area contributed by atoms with Crippen molar-refractivity contribution >= 4 is 27.3 Å². The first-order chi connectivity index (χ1) is 8.04. The number of aryl methyl sites for hydroxylation is 3. The Kier molecular flexibility index (Phi) is 3.65. The summed E-state index contributed by atoms with van der Waals surface area (Å²) in [5.74, 6) is 0. The lowest BCUT2D eigenvalue weighted by Crippen LogP contribution is -2.20. The Morgan fingerprint density at radius 3 is 2.59 bits per heavy atom. The molecule has 2 heterocycles. The summed E-state index contributed by atoms with van der Waals surface area (Å²) in [6.07, 6.45) is 1.82. The summed E-state index contributed by atoms with van der Waals surface area (Å²) in [5, 5.41) is 8.69. The van der Waals surface area contributed by atoms with Crippen molar-refractivity contribution in [3.63, 3.8) is 0 Å². The molecule has 0 saturated heterocycles. The van der Waals surface area contributed by atoms with E-state index in [-0.39, 0.29) is 6.04 Å². The summed E-state index contributed by atoms with van der Waals surface area (Å²) in [6, 6.07) is 0.128. The average Bonchev–Trinajstić information content (AvgIpc) is 2.76. The van der Waals surface area contributed by atoms with E-state index >= 15 is 0 Å². The molecule has 1 unspecified atom stereocenters. The Labute approximate surface area is 113 Å². The molecule has 0 bridgehead atoms. The van der Waals surface area contributed by atoms with Crippen molar-refractivity contribution in [1.82, 2.24) is 20.1 Å². The number of nitrogens with one attached hydrogen (secondary N) is 1. The Bertz CT molecular complexity index is 512. The van der Waals surface area contributed by atoms with Crippen LogP contribution < -0.4 is 5.32 Å². The fourth-order valence-electron chi connectivity index (χ4n) is 1.95. The van der Waals surface area contributed by atoms with Crippen molar-refractivity contribution in [1.29, 1.82) is 0 Å². The molecule has 0 fully saturated rings. The second kappa shape index (κ2) is 4.88. The summed E-state index contributed by atoms with van der Waals surface area (Å²) in [5.41, 5.74) is 2.21. The smallest absolute Gasteiger partial charge is 0.0900 e. The molecule has 0 saturated carbocycles. The third-order valence-corrected chi connectivity index (χ3v) is 4.45. The molecule has 0 spiro atoms. The topological polar surface area (TPSA) is 42.7 Å². The molecule has 0 aromatic carbocycles. The van der Waals surface area contributed by atoms with Gasteiger partial charge in [0.25, 0.3) is 0 Å². The molecule has 92 valence electrons. The Morgan fingerprint density at radius 2 is 2.18 bits per heavy atom. The maximum absolute atomic E-state index is 4.48. The van der Waals surface area contributed by atoms with Crippen LogP contribution in [0.4, 0.5) is 0 Å². The van der Waals surface area contributed by atoms with E-state index in [4.69, 9.17) is 0 Å². The zero-order chi connectivity index (χ0) is 12.6. The molecule has 2 aromatic rings. The van der Waals surface area contributed by atoms with Gasteiger partial charge < -0.3 is 5.32 Å². The number of thiazole rings is 1. The van der Waals surface area contributed by atoms with Gasteiger partial charge in [0.2, 0.25) is 0 Å². The van der Waals surface area contributed by atoms with Gasteiger partial charge in [-0.3, -0.25) is 4.68 Å². The molecule has 0 aliphatic carbocycles. The van der Waals surface area contributed by atoms with Crippen LogP contribution in [0.3, 0.4) is 0 Å². The Balaban J connectivity index is 2.51. The minimum Gasteiger partial charge on any atom is -0.307 e. The molecular formula is C11H15BrN4S. The Hall–Kier alpha value is -0.720. The van der Waals surface area contributed by atoms with Gasteiger partial charge in [-0.25, -0.2) is 4.98 Å². The van der Waals surface area contributed by atoms with E-state index in [0.29, 0.717) is 0 Å². The van der Waals surface area contributed by atoms with Gasteiger partial charge in [-0.05, 0) is 36.8 Å². The molecule has 2 aromatic heterocycles. The standard InChI is InChI=1S/C11H15BrN4S/c1-6-11(17-7(2)15-6)9(13-3)10-8(12)5-14-16(10)4/h5,9,13H,1-4H3. The highest BCUT2D eigenvalue weighted by atomic mass is 79.9. The van der Waals surface area contributed by atoms with Crippen LogP contribution >= 0.6 is 27.3 Å². The molecule has 2 rings (SSSR count). The van der Waals surface area contributed by atoms with Gasteiger partial charge in [-0.1, -0.05) is 0 Å². The first-order valence-corrected chi connectivity index (χ1v) is 6.94. The molecule has 1 atom stereocenters. The van der Waals surface area contributed by atoms with Crippen molar-refractivity contribution in [2.45, 2.75) is 19.9 Å². The zero-order valence-corrected chi connectivity index (χ0v) is 12.7. The molecule has 0 aliphatic rings. The van der Waals surface area contributed by atoms with Gasteiger partial charge in [0, 0.05) is 7.05 Å². The molecule has 4 nitrogen and oxygen atoms in total. The van der Waals surface area contributed by atoms with E-state index in [1.807, 2.05) is 38.8 Å². The molecule has 17 heavy (non-hydrogen) atoms. The largest absolute Gasteiger partial charge is 0.307 e. The molecular weight excluding hydrogens is 300 g/mol. The zero-order valence-electron chi connectivity index (χ0n) is 10.3. The van der Waals surface area contributed by atoms with Crippen molar-refractivity contribution in [2.75, 3.05) is 7.05 Å². The normalized spacial score (nSPS) is 13.0. The van der Waals surface area contributed by atoms with Crippen LogP contribution in [-0.4, -0.2) is 21.8 Å². The number of halogens is 1. The molecule has 0 radical (unpaired) electrons. The van der Waals surface area contributed by atoms with E-state index < -0.39 is 0 Å². The van der Waals surface area contributed by atoms with Crippen molar-refractivity contribution in [3.8, 4) is 0 Å². The van der Waals surface area contributed by atoms with E-state index in [2.05, 4.69) is 31.3 Å². The van der Waals surface area contributed by atoms with Crippen LogP contribution in [0.1, 0.15) is 27.3 Å². The average molecular weight is 315 g/mol. The highest BCUT2D eigenvalue weighted by molar-refractivity contribution is 9.10. The quantitative estimate of drug-likeness (QED) is 0.946. The third-order valence-electron chi connectivity index (χ3n) is 2.70. The monoisotopic (exact) mass is 314 g/mol. The maximum atomic E-state index is 4.48. The van der Waals surface area contributed by atoms with Crippen LogP contribution in [0, 0.1) is 13.8 Å². The number of aromatic nitrogens is 3. The van der Waals surface area contributed by atoms with Gasteiger partial charge in [-0.15, -0.1) is 11.3 Å². The van der Waals surface area contributed by atoms with E-state index in [9.17, 15) is 0 Å². The van der Waals surface area contributed by atoms with Crippen LogP contribution in [-0.2, 0) is 7.05 Å². The van der Waals surface area contributed by atoms with Crippen LogP contribution in [0.2, 0.25) is 0 Å². The van der Waals surface area contributed by atoms with Gasteiger partial charge >= 0.3 is 0 Å². The van der Waals surface area contributed by atoms with E-state index in [1.165, 1.54) is 4.88 Å². The van der Waals surface area contributed by atoms with Gasteiger partial charge in [-0.2, -0.15) is 5.10 Å². The minimum absolute atomic E-state index is 0.128. The first kappa shape index (κ1) is 12.7. The highest BCUT2D eigenvalue weighted by Gasteiger charge is 2.23. The van der Waals surface area contributed by atoms with E-state index in [1.54, 1.807) is 11.3 Å². The second-order valence-corrected chi connectivity index (χ2v) is 5.99.